The van der Waals surface area contributed by atoms with Crippen molar-refractivity contribution in [1.29, 1.82) is 0 Å². The van der Waals surface area contributed by atoms with Crippen molar-refractivity contribution >= 4 is 40.1 Å². The Hall–Kier alpha value is -2.78. The van der Waals surface area contributed by atoms with Gasteiger partial charge < -0.3 is 10.1 Å². The van der Waals surface area contributed by atoms with E-state index in [1.54, 1.807) is 13.8 Å². The predicted octanol–water partition coefficient (Wildman–Crippen LogP) is 4.43. The Morgan fingerprint density at radius 3 is 2.57 bits per heavy atom. The Balaban J connectivity index is 1.56. The first kappa shape index (κ1) is 21.9. The molecule has 1 aromatic carbocycles. The summed E-state index contributed by atoms with van der Waals surface area (Å²) in [6.07, 6.45) is 0. The van der Waals surface area contributed by atoms with E-state index in [-0.39, 0.29) is 18.3 Å². The predicted molar refractivity (Wildman–Crippen MR) is 119 cm³/mol. The van der Waals surface area contributed by atoms with Gasteiger partial charge in [0.2, 0.25) is 5.91 Å². The molecular formula is C21H22N4O3S2. The summed E-state index contributed by atoms with van der Waals surface area (Å²) < 4.78 is 4.99. The molecule has 3 aromatic rings. The number of benzene rings is 1. The molecule has 2 heterocycles. The van der Waals surface area contributed by atoms with Crippen LogP contribution in [0.3, 0.4) is 0 Å². The van der Waals surface area contributed by atoms with E-state index < -0.39 is 5.97 Å². The fourth-order valence-corrected chi connectivity index (χ4v) is 4.07. The lowest BCUT2D eigenvalue weighted by Crippen LogP contribution is -2.14. The van der Waals surface area contributed by atoms with Crippen LogP contribution in [0.5, 0.6) is 0 Å². The van der Waals surface area contributed by atoms with Crippen molar-refractivity contribution in [1.82, 2.24) is 15.2 Å². The van der Waals surface area contributed by atoms with Crippen LogP contribution in [0.2, 0.25) is 0 Å². The minimum atomic E-state index is -0.429. The minimum absolute atomic E-state index is 0.158. The number of esters is 1. The molecule has 0 aliphatic rings. The maximum atomic E-state index is 12.2. The number of anilines is 1. The van der Waals surface area contributed by atoms with Gasteiger partial charge in [-0.3, -0.25) is 4.79 Å². The zero-order chi connectivity index (χ0) is 21.7. The molecule has 0 radical (unpaired) electrons. The summed E-state index contributed by atoms with van der Waals surface area (Å²) in [5, 5.41) is 12.2. The molecule has 0 spiro atoms. The number of rotatable bonds is 7. The van der Waals surface area contributed by atoms with Crippen LogP contribution in [0.15, 0.2) is 35.4 Å². The number of amides is 1. The second kappa shape index (κ2) is 9.82. The fraction of sp³-hybridized carbons (Fsp3) is 0.286. The molecule has 1 N–H and O–H groups in total. The van der Waals surface area contributed by atoms with Gasteiger partial charge in [-0.05, 0) is 57.0 Å². The van der Waals surface area contributed by atoms with Gasteiger partial charge in [-0.25, -0.2) is 9.78 Å². The molecule has 3 rings (SSSR count). The standard InChI is InChI=1S/C21H22N4O3S2/c1-5-28-20(27)19-14(4)22-21(30-19)23-17(26)11-29-18-9-8-16(24-25-18)15-7-6-12(2)13(3)10-15/h6-10H,5,11H2,1-4H3,(H,22,23,26). The molecule has 0 aliphatic heterocycles. The molecule has 9 heteroatoms. The Morgan fingerprint density at radius 1 is 1.10 bits per heavy atom. The average Bonchev–Trinajstić information content (AvgIpc) is 3.09. The molecule has 0 unspecified atom stereocenters. The van der Waals surface area contributed by atoms with Gasteiger partial charge in [0.25, 0.3) is 0 Å². The Labute approximate surface area is 183 Å². The van der Waals surface area contributed by atoms with Crippen molar-refractivity contribution in [2.75, 3.05) is 17.7 Å². The quantitative estimate of drug-likeness (QED) is 0.427. The Kier molecular flexibility index (Phi) is 7.17. The number of nitrogens with one attached hydrogen (secondary N) is 1. The van der Waals surface area contributed by atoms with E-state index in [1.165, 1.54) is 22.9 Å². The second-order valence-corrected chi connectivity index (χ2v) is 8.54. The number of aromatic nitrogens is 3. The summed E-state index contributed by atoms with van der Waals surface area (Å²) in [5.74, 6) is -0.504. The van der Waals surface area contributed by atoms with Gasteiger partial charge in [-0.1, -0.05) is 35.2 Å². The molecule has 0 fully saturated rings. The van der Waals surface area contributed by atoms with E-state index in [4.69, 9.17) is 4.74 Å². The fourth-order valence-electron chi connectivity index (χ4n) is 2.58. The molecule has 0 atom stereocenters. The van der Waals surface area contributed by atoms with Crippen molar-refractivity contribution in [3.8, 4) is 11.3 Å². The number of hydrogen-bond donors (Lipinski definition) is 1. The molecule has 7 nitrogen and oxygen atoms in total. The molecule has 0 saturated heterocycles. The number of thiazole rings is 1. The normalized spacial score (nSPS) is 10.7. The van der Waals surface area contributed by atoms with Crippen LogP contribution in [-0.2, 0) is 9.53 Å². The van der Waals surface area contributed by atoms with E-state index in [0.29, 0.717) is 20.7 Å². The highest BCUT2D eigenvalue weighted by Gasteiger charge is 2.17. The molecule has 0 aliphatic carbocycles. The third-order valence-electron chi connectivity index (χ3n) is 4.30. The van der Waals surface area contributed by atoms with Gasteiger partial charge >= 0.3 is 5.97 Å². The summed E-state index contributed by atoms with van der Waals surface area (Å²) >= 11 is 2.39. The van der Waals surface area contributed by atoms with Crippen LogP contribution in [0.4, 0.5) is 5.13 Å². The van der Waals surface area contributed by atoms with Crippen LogP contribution >= 0.6 is 23.1 Å². The number of aryl methyl sites for hydroxylation is 3. The Bertz CT molecular complexity index is 1060. The number of hydrogen-bond acceptors (Lipinski definition) is 8. The van der Waals surface area contributed by atoms with Crippen molar-refractivity contribution in [2.24, 2.45) is 0 Å². The lowest BCUT2D eigenvalue weighted by Gasteiger charge is -2.05. The number of carbonyl (C=O) groups is 2. The third-order valence-corrected chi connectivity index (χ3v) is 6.27. The third kappa shape index (κ3) is 5.43. The van der Waals surface area contributed by atoms with E-state index in [9.17, 15) is 9.59 Å². The summed E-state index contributed by atoms with van der Waals surface area (Å²) in [4.78, 5) is 28.7. The summed E-state index contributed by atoms with van der Waals surface area (Å²) in [6, 6.07) is 9.91. The number of thioether (sulfide) groups is 1. The molecule has 30 heavy (non-hydrogen) atoms. The number of nitrogens with zero attached hydrogens (tertiary/aromatic N) is 3. The zero-order valence-corrected chi connectivity index (χ0v) is 18.8. The molecule has 0 bridgehead atoms. The van der Waals surface area contributed by atoms with Gasteiger partial charge in [-0.15, -0.1) is 10.2 Å². The maximum Gasteiger partial charge on any atom is 0.350 e. The highest BCUT2D eigenvalue weighted by Crippen LogP contribution is 2.25. The highest BCUT2D eigenvalue weighted by atomic mass is 32.2. The zero-order valence-electron chi connectivity index (χ0n) is 17.2. The summed E-state index contributed by atoms with van der Waals surface area (Å²) in [7, 11) is 0. The van der Waals surface area contributed by atoms with Gasteiger partial charge in [0.1, 0.15) is 9.90 Å². The molecule has 1 amide bonds. The SMILES string of the molecule is CCOC(=O)c1sc(NC(=O)CSc2ccc(-c3ccc(C)c(C)c3)nn2)nc1C. The molecule has 2 aromatic heterocycles. The van der Waals surface area contributed by atoms with Crippen LogP contribution < -0.4 is 5.32 Å². The second-order valence-electron chi connectivity index (χ2n) is 6.55. The molecule has 0 saturated carbocycles. The van der Waals surface area contributed by atoms with Crippen LogP contribution in [0.1, 0.15) is 33.4 Å². The minimum Gasteiger partial charge on any atom is -0.462 e. The van der Waals surface area contributed by atoms with Crippen LogP contribution in [-0.4, -0.2) is 39.4 Å². The van der Waals surface area contributed by atoms with Crippen molar-refractivity contribution in [3.63, 3.8) is 0 Å². The van der Waals surface area contributed by atoms with Crippen LogP contribution in [0.25, 0.3) is 11.3 Å². The molecule has 156 valence electrons. The number of carbonyl (C=O) groups excluding carboxylic acids is 2. The van der Waals surface area contributed by atoms with E-state index in [0.717, 1.165) is 22.6 Å². The average molecular weight is 443 g/mol. The maximum absolute atomic E-state index is 12.2. The number of ether oxygens (including phenoxy) is 1. The van der Waals surface area contributed by atoms with E-state index in [2.05, 4.69) is 46.5 Å². The first-order valence-electron chi connectivity index (χ1n) is 9.36. The summed E-state index contributed by atoms with van der Waals surface area (Å²) in [5.41, 5.74) is 4.77. The van der Waals surface area contributed by atoms with Gasteiger partial charge in [0, 0.05) is 5.56 Å². The smallest absolute Gasteiger partial charge is 0.350 e. The topological polar surface area (TPSA) is 94.1 Å². The van der Waals surface area contributed by atoms with E-state index in [1.807, 2.05) is 18.2 Å². The lowest BCUT2D eigenvalue weighted by molar-refractivity contribution is -0.113. The monoisotopic (exact) mass is 442 g/mol. The highest BCUT2D eigenvalue weighted by molar-refractivity contribution is 7.99. The largest absolute Gasteiger partial charge is 0.462 e. The Morgan fingerprint density at radius 2 is 1.90 bits per heavy atom. The van der Waals surface area contributed by atoms with Gasteiger partial charge in [0.05, 0.1) is 23.7 Å². The van der Waals surface area contributed by atoms with Crippen LogP contribution in [0, 0.1) is 20.8 Å². The first-order valence-corrected chi connectivity index (χ1v) is 11.2. The lowest BCUT2D eigenvalue weighted by atomic mass is 10.0. The first-order chi connectivity index (χ1) is 14.4. The van der Waals surface area contributed by atoms with Crippen molar-refractivity contribution < 1.29 is 14.3 Å². The van der Waals surface area contributed by atoms with Crippen molar-refractivity contribution in [2.45, 2.75) is 32.7 Å². The summed E-state index contributed by atoms with van der Waals surface area (Å²) in [6.45, 7) is 7.87. The molecular weight excluding hydrogens is 420 g/mol. The van der Waals surface area contributed by atoms with E-state index >= 15 is 0 Å². The van der Waals surface area contributed by atoms with Gasteiger partial charge in [-0.2, -0.15) is 0 Å². The van der Waals surface area contributed by atoms with Gasteiger partial charge in [0.15, 0.2) is 5.13 Å². The van der Waals surface area contributed by atoms with Crippen molar-refractivity contribution in [3.05, 3.63) is 52.0 Å².